The minimum atomic E-state index is -0.454. The molecule has 0 saturated carbocycles. The number of hydrogen-bond acceptors (Lipinski definition) is 5. The summed E-state index contributed by atoms with van der Waals surface area (Å²) in [6.45, 7) is 0.633. The van der Waals surface area contributed by atoms with Gasteiger partial charge < -0.3 is 9.15 Å². The van der Waals surface area contributed by atoms with Crippen molar-refractivity contribution < 1.29 is 18.8 Å². The molecule has 0 spiro atoms. The predicted molar refractivity (Wildman–Crippen MR) is 98.4 cm³/mol. The number of hydroxylamine groups is 1. The van der Waals surface area contributed by atoms with Gasteiger partial charge >= 0.3 is 0 Å². The van der Waals surface area contributed by atoms with Crippen molar-refractivity contribution in [3.63, 3.8) is 0 Å². The van der Waals surface area contributed by atoms with Gasteiger partial charge in [-0.1, -0.05) is 11.6 Å². The molecule has 140 valence electrons. The molecule has 1 aromatic carbocycles. The Morgan fingerprint density at radius 2 is 2.11 bits per heavy atom. The van der Waals surface area contributed by atoms with Crippen LogP contribution in [-0.4, -0.2) is 28.6 Å². The van der Waals surface area contributed by atoms with Crippen LogP contribution in [-0.2, 0) is 9.57 Å². The lowest BCUT2D eigenvalue weighted by Crippen LogP contribution is -2.33. The van der Waals surface area contributed by atoms with E-state index in [2.05, 4.69) is 10.6 Å². The molecule has 1 N–H and O–H groups in total. The van der Waals surface area contributed by atoms with E-state index in [0.717, 1.165) is 24.9 Å². The minimum Gasteiger partial charge on any atom is -0.463 e. The van der Waals surface area contributed by atoms with Gasteiger partial charge in [-0.3, -0.25) is 4.79 Å². The molecule has 1 unspecified atom stereocenters. The number of hydrogen-bond donors (Lipinski definition) is 1. The first-order chi connectivity index (χ1) is 13.2. The lowest BCUT2D eigenvalue weighted by molar-refractivity contribution is -0.186. The van der Waals surface area contributed by atoms with E-state index in [9.17, 15) is 4.79 Å². The van der Waals surface area contributed by atoms with E-state index in [1.54, 1.807) is 41.3 Å². The van der Waals surface area contributed by atoms with Gasteiger partial charge in [0.1, 0.15) is 5.69 Å². The number of benzene rings is 1. The predicted octanol–water partition coefficient (Wildman–Crippen LogP) is 3.97. The van der Waals surface area contributed by atoms with Gasteiger partial charge in [0, 0.05) is 24.1 Å². The van der Waals surface area contributed by atoms with Crippen LogP contribution in [0, 0.1) is 0 Å². The van der Waals surface area contributed by atoms with E-state index < -0.39 is 12.2 Å². The van der Waals surface area contributed by atoms with Crippen LogP contribution in [0.2, 0.25) is 5.02 Å². The number of nitrogens with one attached hydrogen (secondary N) is 1. The number of carbonyl (C=O) groups excluding carboxylic acids is 1. The van der Waals surface area contributed by atoms with Crippen LogP contribution in [0.25, 0.3) is 17.1 Å². The van der Waals surface area contributed by atoms with E-state index >= 15 is 0 Å². The molecule has 1 aliphatic heterocycles. The van der Waals surface area contributed by atoms with Gasteiger partial charge in [-0.25, -0.2) is 15.0 Å². The molecule has 27 heavy (non-hydrogen) atoms. The first-order valence-electron chi connectivity index (χ1n) is 8.68. The highest BCUT2D eigenvalue weighted by Gasteiger charge is 2.21. The largest absolute Gasteiger partial charge is 0.463 e. The summed E-state index contributed by atoms with van der Waals surface area (Å²) in [6, 6.07) is 12.4. The molecule has 3 aromatic rings. The topological polar surface area (TPSA) is 78.5 Å². The van der Waals surface area contributed by atoms with E-state index in [1.807, 2.05) is 12.1 Å². The third kappa shape index (κ3) is 4.05. The Bertz CT molecular complexity index is 900. The van der Waals surface area contributed by atoms with Crippen LogP contribution in [0.3, 0.4) is 0 Å². The molecule has 8 heteroatoms. The van der Waals surface area contributed by atoms with Crippen molar-refractivity contribution in [2.75, 3.05) is 6.61 Å². The molecular weight excluding hydrogens is 370 g/mol. The van der Waals surface area contributed by atoms with Gasteiger partial charge in [0.15, 0.2) is 17.7 Å². The Kier molecular flexibility index (Phi) is 5.24. The normalized spacial score (nSPS) is 17.0. The van der Waals surface area contributed by atoms with Gasteiger partial charge in [-0.2, -0.15) is 5.10 Å². The Hall–Kier alpha value is -2.61. The zero-order valence-corrected chi connectivity index (χ0v) is 15.2. The van der Waals surface area contributed by atoms with Gasteiger partial charge in [0.05, 0.1) is 12.0 Å². The summed E-state index contributed by atoms with van der Waals surface area (Å²) in [7, 11) is 0. The number of carbonyl (C=O) groups is 1. The number of rotatable bonds is 5. The molecule has 3 heterocycles. The summed E-state index contributed by atoms with van der Waals surface area (Å²) in [5.41, 5.74) is 4.02. The maximum Gasteiger partial charge on any atom is 0.295 e. The zero-order chi connectivity index (χ0) is 18.6. The molecule has 1 fully saturated rings. The number of halogens is 1. The quantitative estimate of drug-likeness (QED) is 0.670. The van der Waals surface area contributed by atoms with Crippen LogP contribution in [0.15, 0.2) is 53.1 Å². The molecule has 0 bridgehead atoms. The molecular formula is C19H18ClN3O4. The zero-order valence-electron chi connectivity index (χ0n) is 14.4. The molecule has 1 saturated heterocycles. The van der Waals surface area contributed by atoms with E-state index in [1.165, 1.54) is 0 Å². The fourth-order valence-electron chi connectivity index (χ4n) is 2.85. The highest BCUT2D eigenvalue weighted by Crippen LogP contribution is 2.25. The first kappa shape index (κ1) is 17.8. The SMILES string of the molecule is O=C(NOC1CCCCO1)c1cc(-c2ccco2)n(-c2ccc(Cl)cc2)n1. The summed E-state index contributed by atoms with van der Waals surface area (Å²) in [4.78, 5) is 17.8. The fraction of sp³-hybridized carbons (Fsp3) is 0.263. The van der Waals surface area contributed by atoms with Crippen LogP contribution in [0.4, 0.5) is 0 Å². The second-order valence-electron chi connectivity index (χ2n) is 6.13. The summed E-state index contributed by atoms with van der Waals surface area (Å²) in [6.07, 6.45) is 3.90. The van der Waals surface area contributed by atoms with E-state index in [-0.39, 0.29) is 5.69 Å². The van der Waals surface area contributed by atoms with Gasteiger partial charge in [-0.15, -0.1) is 0 Å². The number of aromatic nitrogens is 2. The fourth-order valence-corrected chi connectivity index (χ4v) is 2.97. The number of ether oxygens (including phenoxy) is 1. The van der Waals surface area contributed by atoms with Crippen molar-refractivity contribution in [1.82, 2.24) is 15.3 Å². The van der Waals surface area contributed by atoms with Gasteiger partial charge in [0.25, 0.3) is 5.91 Å². The highest BCUT2D eigenvalue weighted by molar-refractivity contribution is 6.30. The lowest BCUT2D eigenvalue weighted by atomic mass is 10.2. The summed E-state index contributed by atoms with van der Waals surface area (Å²) in [5, 5.41) is 5.03. The molecule has 4 rings (SSSR count). The molecule has 7 nitrogen and oxygen atoms in total. The molecule has 2 aromatic heterocycles. The summed E-state index contributed by atoms with van der Waals surface area (Å²) >= 11 is 5.97. The summed E-state index contributed by atoms with van der Waals surface area (Å²) < 4.78 is 12.6. The average Bonchev–Trinajstić information content (AvgIpc) is 3.37. The van der Waals surface area contributed by atoms with Crippen molar-refractivity contribution >= 4 is 17.5 Å². The second kappa shape index (κ2) is 7.96. The van der Waals surface area contributed by atoms with Crippen molar-refractivity contribution in [3.8, 4) is 17.1 Å². The lowest BCUT2D eigenvalue weighted by Gasteiger charge is -2.21. The number of nitrogens with zero attached hydrogens (tertiary/aromatic N) is 2. The van der Waals surface area contributed by atoms with E-state index in [0.29, 0.717) is 23.1 Å². The highest BCUT2D eigenvalue weighted by atomic mass is 35.5. The van der Waals surface area contributed by atoms with Gasteiger partial charge in [-0.05, 0) is 49.2 Å². The van der Waals surface area contributed by atoms with Gasteiger partial charge in [0.2, 0.25) is 0 Å². The van der Waals surface area contributed by atoms with Crippen molar-refractivity contribution in [3.05, 3.63) is 59.4 Å². The molecule has 1 aliphatic rings. The Balaban J connectivity index is 1.58. The maximum atomic E-state index is 12.5. The number of furan rings is 1. The Labute approximate surface area is 160 Å². The summed E-state index contributed by atoms with van der Waals surface area (Å²) in [5.74, 6) is 0.137. The van der Waals surface area contributed by atoms with Crippen LogP contribution in [0.1, 0.15) is 29.8 Å². The van der Waals surface area contributed by atoms with Crippen LogP contribution < -0.4 is 5.48 Å². The van der Waals surface area contributed by atoms with Crippen LogP contribution >= 0.6 is 11.6 Å². The molecule has 1 atom stereocenters. The molecule has 1 amide bonds. The Morgan fingerprint density at radius 1 is 1.26 bits per heavy atom. The molecule has 0 radical (unpaired) electrons. The number of amides is 1. The van der Waals surface area contributed by atoms with Crippen molar-refractivity contribution in [1.29, 1.82) is 0 Å². The van der Waals surface area contributed by atoms with E-state index in [4.69, 9.17) is 25.6 Å². The minimum absolute atomic E-state index is 0.201. The average molecular weight is 388 g/mol. The third-order valence-corrected chi connectivity index (χ3v) is 4.46. The smallest absolute Gasteiger partial charge is 0.295 e. The first-order valence-corrected chi connectivity index (χ1v) is 9.06. The monoisotopic (exact) mass is 387 g/mol. The Morgan fingerprint density at radius 3 is 2.81 bits per heavy atom. The van der Waals surface area contributed by atoms with Crippen LogP contribution in [0.5, 0.6) is 0 Å². The third-order valence-electron chi connectivity index (χ3n) is 4.21. The van der Waals surface area contributed by atoms with Crippen molar-refractivity contribution in [2.24, 2.45) is 0 Å². The maximum absolute atomic E-state index is 12.5. The standard InChI is InChI=1S/C19H18ClN3O4/c20-13-6-8-14(9-7-13)23-16(17-4-3-11-25-17)12-15(21-23)19(24)22-27-18-5-1-2-10-26-18/h3-4,6-9,11-12,18H,1-2,5,10H2,(H,22,24). The molecule has 0 aliphatic carbocycles. The van der Waals surface area contributed by atoms with Crippen molar-refractivity contribution in [2.45, 2.75) is 25.6 Å². The second-order valence-corrected chi connectivity index (χ2v) is 6.56.